The second kappa shape index (κ2) is 6.25. The third kappa shape index (κ3) is 2.88. The van der Waals surface area contributed by atoms with Crippen molar-refractivity contribution < 1.29 is 40.1 Å². The molecule has 2 aliphatic rings. The van der Waals surface area contributed by atoms with E-state index < -0.39 is 55.4 Å². The number of ether oxygens (including phenoxy) is 2. The van der Waals surface area contributed by atoms with Crippen LogP contribution >= 0.6 is 0 Å². The molecule has 1 saturated heterocycles. The Morgan fingerprint density at radius 1 is 1.10 bits per heavy atom. The molecule has 0 bridgehead atoms. The zero-order valence-corrected chi connectivity index (χ0v) is 10.9. The average molecular weight is 303 g/mol. The molecule has 1 aliphatic heterocycles. The fourth-order valence-electron chi connectivity index (χ4n) is 2.29. The number of hydrogen-bond donors (Lipinski definition) is 6. The monoisotopic (exact) mass is 303 g/mol. The number of hydrogen-bond acceptors (Lipinski definition) is 9. The molecule has 8 atom stereocenters. The van der Waals surface area contributed by atoms with E-state index in [0.29, 0.717) is 0 Å². The molecule has 0 saturated carbocycles. The summed E-state index contributed by atoms with van der Waals surface area (Å²) in [7, 11) is 0. The van der Waals surface area contributed by atoms with Gasteiger partial charge in [-0.05, 0) is 6.08 Å². The number of nitrogens with zero attached hydrogens (tertiary/aromatic N) is 1. The maximum atomic E-state index is 9.80. The molecule has 1 fully saturated rings. The lowest BCUT2D eigenvalue weighted by Gasteiger charge is -2.39. The van der Waals surface area contributed by atoms with Crippen LogP contribution < -0.4 is 0 Å². The van der Waals surface area contributed by atoms with Crippen LogP contribution in [0.2, 0.25) is 0 Å². The predicted molar refractivity (Wildman–Crippen MR) is 64.1 cm³/mol. The molecule has 6 N–H and O–H groups in total. The summed E-state index contributed by atoms with van der Waals surface area (Å²) < 4.78 is 10.3. The third-order valence-electron chi connectivity index (χ3n) is 3.57. The normalized spacial score (nSPS) is 46.8. The van der Waals surface area contributed by atoms with E-state index in [2.05, 4.69) is 0 Å². The smallest absolute Gasteiger partial charge is 0.228 e. The molecule has 118 valence electrons. The minimum atomic E-state index is -1.63. The van der Waals surface area contributed by atoms with Gasteiger partial charge in [0.2, 0.25) is 6.29 Å². The van der Waals surface area contributed by atoms with Crippen molar-refractivity contribution in [2.75, 3.05) is 6.61 Å². The molecule has 2 rings (SSSR count). The highest BCUT2D eigenvalue weighted by Gasteiger charge is 2.46. The second-order valence-corrected chi connectivity index (χ2v) is 4.97. The van der Waals surface area contributed by atoms with Gasteiger partial charge in [0.1, 0.15) is 48.3 Å². The summed E-state index contributed by atoms with van der Waals surface area (Å²) in [6, 6.07) is 1.74. The number of nitriles is 1. The number of rotatable bonds is 3. The maximum Gasteiger partial charge on any atom is 0.228 e. The molecule has 21 heavy (non-hydrogen) atoms. The average Bonchev–Trinajstić information content (AvgIpc) is 2.74. The Kier molecular flexibility index (Phi) is 4.80. The van der Waals surface area contributed by atoms with Crippen LogP contribution in [-0.2, 0) is 9.47 Å². The second-order valence-electron chi connectivity index (χ2n) is 4.97. The number of aliphatic hydroxyl groups is 6. The van der Waals surface area contributed by atoms with E-state index in [1.54, 1.807) is 6.07 Å². The molecule has 0 amide bonds. The fraction of sp³-hybridized carbons (Fsp3) is 0.750. The molecule has 0 aromatic rings. The van der Waals surface area contributed by atoms with Gasteiger partial charge < -0.3 is 40.1 Å². The molecule has 0 aromatic heterocycles. The van der Waals surface area contributed by atoms with Crippen molar-refractivity contribution in [3.63, 3.8) is 0 Å². The van der Waals surface area contributed by atoms with E-state index in [4.69, 9.17) is 19.8 Å². The van der Waals surface area contributed by atoms with Crippen molar-refractivity contribution in [2.45, 2.75) is 42.9 Å². The van der Waals surface area contributed by atoms with Crippen LogP contribution in [0.1, 0.15) is 0 Å². The van der Waals surface area contributed by atoms with E-state index >= 15 is 0 Å². The van der Waals surface area contributed by atoms with Crippen molar-refractivity contribution >= 4 is 0 Å². The quantitative estimate of drug-likeness (QED) is 0.311. The van der Waals surface area contributed by atoms with Crippen LogP contribution in [-0.4, -0.2) is 80.2 Å². The minimum absolute atomic E-state index is 0.109. The van der Waals surface area contributed by atoms with E-state index in [1.807, 2.05) is 0 Å². The molecule has 0 radical (unpaired) electrons. The molecule has 1 heterocycles. The molecule has 1 aliphatic carbocycles. The molecule has 0 aromatic carbocycles. The Labute approximate surface area is 119 Å². The SMILES string of the molecule is N#C[C@@H]1C(O[C@@H]2O[C@H](CO)[C@H](O)[C@H](O)[C@H]2O)=C[C@H](O)[C@H]1O. The summed E-state index contributed by atoms with van der Waals surface area (Å²) >= 11 is 0. The summed E-state index contributed by atoms with van der Waals surface area (Å²) in [6.07, 6.45) is -8.93. The first-order valence-corrected chi connectivity index (χ1v) is 6.35. The van der Waals surface area contributed by atoms with E-state index in [9.17, 15) is 25.5 Å². The van der Waals surface area contributed by atoms with Crippen LogP contribution in [0.25, 0.3) is 0 Å². The van der Waals surface area contributed by atoms with Crippen molar-refractivity contribution in [3.8, 4) is 6.07 Å². The van der Waals surface area contributed by atoms with Crippen molar-refractivity contribution in [1.82, 2.24) is 0 Å². The minimum Gasteiger partial charge on any atom is -0.465 e. The summed E-state index contributed by atoms with van der Waals surface area (Å²) in [5, 5.41) is 66.1. The van der Waals surface area contributed by atoms with Crippen LogP contribution in [0.3, 0.4) is 0 Å². The largest absolute Gasteiger partial charge is 0.465 e. The third-order valence-corrected chi connectivity index (χ3v) is 3.57. The van der Waals surface area contributed by atoms with Crippen molar-refractivity contribution in [1.29, 1.82) is 5.26 Å². The van der Waals surface area contributed by atoms with Crippen LogP contribution in [0, 0.1) is 17.2 Å². The lowest BCUT2D eigenvalue weighted by Crippen LogP contribution is -2.59. The van der Waals surface area contributed by atoms with Gasteiger partial charge in [-0.25, -0.2) is 0 Å². The highest BCUT2D eigenvalue weighted by atomic mass is 16.7. The van der Waals surface area contributed by atoms with Gasteiger partial charge >= 0.3 is 0 Å². The van der Waals surface area contributed by atoms with Gasteiger partial charge in [0, 0.05) is 0 Å². The highest BCUT2D eigenvalue weighted by molar-refractivity contribution is 5.22. The van der Waals surface area contributed by atoms with Gasteiger partial charge in [-0.15, -0.1) is 0 Å². The first-order valence-electron chi connectivity index (χ1n) is 6.35. The summed E-state index contributed by atoms with van der Waals surface area (Å²) in [5.74, 6) is -1.26. The van der Waals surface area contributed by atoms with E-state index in [-0.39, 0.29) is 5.76 Å². The number of aliphatic hydroxyl groups excluding tert-OH is 6. The van der Waals surface area contributed by atoms with Crippen LogP contribution in [0.15, 0.2) is 11.8 Å². The zero-order valence-electron chi connectivity index (χ0n) is 10.9. The van der Waals surface area contributed by atoms with Crippen LogP contribution in [0.4, 0.5) is 0 Å². The first kappa shape index (κ1) is 16.1. The maximum absolute atomic E-state index is 9.80. The van der Waals surface area contributed by atoms with Gasteiger partial charge in [-0.3, -0.25) is 0 Å². The van der Waals surface area contributed by atoms with Crippen molar-refractivity contribution in [2.24, 2.45) is 5.92 Å². The predicted octanol–water partition coefficient (Wildman–Crippen LogP) is -3.44. The lowest BCUT2D eigenvalue weighted by molar-refractivity contribution is -0.292. The van der Waals surface area contributed by atoms with Gasteiger partial charge in [-0.2, -0.15) is 5.26 Å². The molecule has 9 nitrogen and oxygen atoms in total. The Morgan fingerprint density at radius 2 is 1.76 bits per heavy atom. The van der Waals surface area contributed by atoms with Gasteiger partial charge in [0.25, 0.3) is 0 Å². The Bertz CT molecular complexity index is 447. The van der Waals surface area contributed by atoms with Crippen molar-refractivity contribution in [3.05, 3.63) is 11.8 Å². The fourth-order valence-corrected chi connectivity index (χ4v) is 2.29. The Balaban J connectivity index is 2.12. The van der Waals surface area contributed by atoms with Crippen LogP contribution in [0.5, 0.6) is 0 Å². The topological polar surface area (TPSA) is 164 Å². The highest BCUT2D eigenvalue weighted by Crippen LogP contribution is 2.31. The standard InChI is InChI=1S/C12H17NO8/c13-2-4-6(1-5(15)8(4)16)20-12-11(19)10(18)9(17)7(3-14)21-12/h1,4-5,7-12,14-19H,3H2/t4-,5+,7-,8+,9+,10+,11-,12-/m1/s1. The first-order chi connectivity index (χ1) is 9.90. The van der Waals surface area contributed by atoms with E-state index in [0.717, 1.165) is 6.08 Å². The Hall–Kier alpha value is -1.25. The van der Waals surface area contributed by atoms with E-state index in [1.165, 1.54) is 0 Å². The molecular weight excluding hydrogens is 286 g/mol. The Morgan fingerprint density at radius 3 is 2.33 bits per heavy atom. The van der Waals surface area contributed by atoms with Gasteiger partial charge in [0.05, 0.1) is 12.7 Å². The molecule has 9 heteroatoms. The summed E-state index contributed by atoms with van der Waals surface area (Å²) in [6.45, 7) is -0.614. The molecule has 0 unspecified atom stereocenters. The van der Waals surface area contributed by atoms with Gasteiger partial charge in [-0.1, -0.05) is 0 Å². The lowest BCUT2D eigenvalue weighted by atomic mass is 9.99. The molecular formula is C12H17NO8. The summed E-state index contributed by atoms with van der Waals surface area (Å²) in [5.41, 5.74) is 0. The summed E-state index contributed by atoms with van der Waals surface area (Å²) in [4.78, 5) is 0. The zero-order chi connectivity index (χ0) is 15.7. The molecule has 0 spiro atoms. The van der Waals surface area contributed by atoms with Gasteiger partial charge in [0.15, 0.2) is 0 Å².